The predicted octanol–water partition coefficient (Wildman–Crippen LogP) is 4.76. The average Bonchev–Trinajstić information content (AvgIpc) is 3.15. The third kappa shape index (κ3) is 5.87. The third-order valence-electron chi connectivity index (χ3n) is 7.69. The van der Waals surface area contributed by atoms with E-state index in [1.165, 1.54) is 16.9 Å². The minimum Gasteiger partial charge on any atom is -0.366 e. The summed E-state index contributed by atoms with van der Waals surface area (Å²) < 4.78 is 16.1. The van der Waals surface area contributed by atoms with E-state index in [9.17, 15) is 18.8 Å². The van der Waals surface area contributed by atoms with E-state index in [4.69, 9.17) is 5.73 Å². The summed E-state index contributed by atoms with van der Waals surface area (Å²) in [7, 11) is 0. The lowest BCUT2D eigenvalue weighted by Crippen LogP contribution is -2.48. The molecule has 3 aromatic rings. The first-order chi connectivity index (χ1) is 18.8. The van der Waals surface area contributed by atoms with Gasteiger partial charge in [0.2, 0.25) is 11.8 Å². The number of likely N-dealkylation sites (tertiary alicyclic amines) is 1. The van der Waals surface area contributed by atoms with Gasteiger partial charge in [-0.2, -0.15) is 0 Å². The van der Waals surface area contributed by atoms with Crippen molar-refractivity contribution in [3.05, 3.63) is 65.5 Å². The number of nitrogens with one attached hydrogen (secondary N) is 1. The summed E-state index contributed by atoms with van der Waals surface area (Å²) in [6, 6.07) is 10.3. The van der Waals surface area contributed by atoms with Gasteiger partial charge in [0, 0.05) is 29.3 Å². The van der Waals surface area contributed by atoms with Crippen LogP contribution < -0.4 is 11.1 Å². The van der Waals surface area contributed by atoms with Crippen LogP contribution in [-0.2, 0) is 16.1 Å². The predicted molar refractivity (Wildman–Crippen MR) is 149 cm³/mol. The quantitative estimate of drug-likeness (QED) is 0.478. The van der Waals surface area contributed by atoms with Crippen LogP contribution in [0.25, 0.3) is 16.5 Å². The molecule has 2 aromatic heterocycles. The summed E-state index contributed by atoms with van der Waals surface area (Å²) in [5.74, 6) is -0.900. The number of amides is 3. The van der Waals surface area contributed by atoms with Gasteiger partial charge in [0.1, 0.15) is 24.6 Å². The molecule has 3 heterocycles. The number of hydrogen-bond donors (Lipinski definition) is 2. The molecule has 2 atom stereocenters. The maximum atomic E-state index is 14.4. The second kappa shape index (κ2) is 11.4. The van der Waals surface area contributed by atoms with Crippen molar-refractivity contribution in [1.29, 1.82) is 0 Å². The minimum absolute atomic E-state index is 0.102. The number of anilines is 1. The van der Waals surface area contributed by atoms with Crippen molar-refractivity contribution in [2.75, 3.05) is 11.9 Å². The maximum Gasteiger partial charge on any atom is 0.250 e. The van der Waals surface area contributed by atoms with Crippen LogP contribution in [0.1, 0.15) is 66.6 Å². The molecule has 39 heavy (non-hydrogen) atoms. The van der Waals surface area contributed by atoms with Crippen molar-refractivity contribution in [3.63, 3.8) is 0 Å². The zero-order valence-corrected chi connectivity index (χ0v) is 22.2. The van der Waals surface area contributed by atoms with E-state index >= 15 is 0 Å². The van der Waals surface area contributed by atoms with Crippen molar-refractivity contribution in [2.24, 2.45) is 5.73 Å². The van der Waals surface area contributed by atoms with Gasteiger partial charge in [-0.1, -0.05) is 18.2 Å². The largest absolute Gasteiger partial charge is 0.366 e. The molecule has 1 fully saturated rings. The highest BCUT2D eigenvalue weighted by Crippen LogP contribution is 2.31. The summed E-state index contributed by atoms with van der Waals surface area (Å²) in [4.78, 5) is 45.0. The van der Waals surface area contributed by atoms with E-state index in [0.29, 0.717) is 22.3 Å². The molecule has 0 spiro atoms. The molecule has 0 bridgehead atoms. The number of aryl methyl sites for hydroxylation is 1. The third-order valence-corrected chi connectivity index (χ3v) is 7.69. The number of fused-ring (bicyclic) bond motifs is 1. The van der Waals surface area contributed by atoms with E-state index in [1.807, 2.05) is 31.2 Å². The van der Waals surface area contributed by atoms with Gasteiger partial charge in [0.15, 0.2) is 0 Å². The Morgan fingerprint density at radius 1 is 1.13 bits per heavy atom. The summed E-state index contributed by atoms with van der Waals surface area (Å²) in [6.45, 7) is 1.84. The van der Waals surface area contributed by atoms with Crippen LogP contribution in [0.2, 0.25) is 0 Å². The number of primary amides is 1. The maximum absolute atomic E-state index is 14.4. The van der Waals surface area contributed by atoms with Gasteiger partial charge >= 0.3 is 0 Å². The van der Waals surface area contributed by atoms with Gasteiger partial charge < -0.3 is 20.5 Å². The molecule has 3 N–H and O–H groups in total. The fourth-order valence-corrected chi connectivity index (χ4v) is 5.63. The van der Waals surface area contributed by atoms with E-state index in [-0.39, 0.29) is 38.3 Å². The van der Waals surface area contributed by atoms with Crippen LogP contribution >= 0.6 is 0 Å². The highest BCUT2D eigenvalue weighted by molar-refractivity contribution is 6.07. The molecular formula is C30H34FN5O3. The number of hydrogen-bond acceptors (Lipinski definition) is 4. The summed E-state index contributed by atoms with van der Waals surface area (Å²) in [5, 5.41) is 3.48. The monoisotopic (exact) mass is 531 g/mol. The molecule has 1 aliphatic carbocycles. The number of halogens is 1. The number of nitrogens with zero attached hydrogens (tertiary/aromatic N) is 3. The lowest BCUT2D eigenvalue weighted by molar-refractivity contribution is -0.139. The molecular weight excluding hydrogens is 497 g/mol. The Bertz CT molecular complexity index is 1450. The molecule has 0 radical (unpaired) electrons. The first-order valence-corrected chi connectivity index (χ1v) is 13.6. The second-order valence-electron chi connectivity index (χ2n) is 10.5. The van der Waals surface area contributed by atoms with Crippen molar-refractivity contribution >= 4 is 40.0 Å². The highest BCUT2D eigenvalue weighted by atomic mass is 19.1. The van der Waals surface area contributed by atoms with Crippen LogP contribution in [0, 0.1) is 6.92 Å². The standard InChI is InChI=1S/C30H34FN5O3/c1-19-6-5-9-27(33-19)34-30(39)26-13-11-22(31)14-15-36(26)28(37)18-35-17-24(29(32)38)23-16-21(10-12-25(23)35)20-7-3-2-4-8-20/h5-7,9-10,12,16-17,22,26H,2-4,8,11,13-15,18H2,1H3,(H2,32,38)(H,33,34,39)/t22?,26-/m0/s1. The molecule has 9 heteroatoms. The highest BCUT2D eigenvalue weighted by Gasteiger charge is 2.34. The molecule has 3 amide bonds. The summed E-state index contributed by atoms with van der Waals surface area (Å²) >= 11 is 0. The number of aromatic nitrogens is 2. The van der Waals surface area contributed by atoms with Crippen molar-refractivity contribution in [2.45, 2.75) is 70.6 Å². The van der Waals surface area contributed by atoms with Crippen LogP contribution in [0.3, 0.4) is 0 Å². The Balaban J connectivity index is 1.42. The molecule has 1 unspecified atom stereocenters. The van der Waals surface area contributed by atoms with Crippen molar-refractivity contribution in [1.82, 2.24) is 14.5 Å². The molecule has 1 aliphatic heterocycles. The van der Waals surface area contributed by atoms with Gasteiger partial charge in [0.25, 0.3) is 5.91 Å². The van der Waals surface area contributed by atoms with Crippen LogP contribution in [0.15, 0.2) is 48.7 Å². The number of carbonyl (C=O) groups excluding carboxylic acids is 3. The molecule has 0 saturated carbocycles. The lowest BCUT2D eigenvalue weighted by Gasteiger charge is -2.29. The number of alkyl halides is 1. The smallest absolute Gasteiger partial charge is 0.250 e. The number of allylic oxidation sites excluding steroid dienone is 2. The second-order valence-corrected chi connectivity index (χ2v) is 10.5. The van der Waals surface area contributed by atoms with E-state index in [2.05, 4.69) is 16.4 Å². The Morgan fingerprint density at radius 3 is 2.72 bits per heavy atom. The summed E-state index contributed by atoms with van der Waals surface area (Å²) in [6.07, 6.45) is 7.66. The van der Waals surface area contributed by atoms with Gasteiger partial charge in [-0.15, -0.1) is 0 Å². The average molecular weight is 532 g/mol. The van der Waals surface area contributed by atoms with E-state index in [0.717, 1.165) is 30.5 Å². The van der Waals surface area contributed by atoms with Gasteiger partial charge in [-0.25, -0.2) is 9.37 Å². The normalized spacial score (nSPS) is 19.8. The zero-order valence-electron chi connectivity index (χ0n) is 22.2. The molecule has 2 aliphatic rings. The fraction of sp³-hybridized carbons (Fsp3) is 0.400. The minimum atomic E-state index is -1.09. The van der Waals surface area contributed by atoms with Gasteiger partial charge in [-0.05, 0) is 87.3 Å². The van der Waals surface area contributed by atoms with Gasteiger partial charge in [0.05, 0.1) is 5.56 Å². The fourth-order valence-electron chi connectivity index (χ4n) is 5.63. The van der Waals surface area contributed by atoms with Crippen LogP contribution in [0.4, 0.5) is 10.2 Å². The van der Waals surface area contributed by atoms with Crippen LogP contribution in [0.5, 0.6) is 0 Å². The van der Waals surface area contributed by atoms with Crippen LogP contribution in [-0.4, -0.2) is 50.9 Å². The Labute approximate surface area is 227 Å². The SMILES string of the molecule is Cc1cccc(NC(=O)[C@@H]2CCC(F)CCN2C(=O)Cn2cc(C(N)=O)c3cc(C4=CCCCC4)ccc32)n1. The zero-order chi connectivity index (χ0) is 27.5. The number of carbonyl (C=O) groups is 3. The first-order valence-electron chi connectivity index (χ1n) is 13.6. The van der Waals surface area contributed by atoms with E-state index < -0.39 is 24.0 Å². The Kier molecular flexibility index (Phi) is 7.77. The van der Waals surface area contributed by atoms with E-state index in [1.54, 1.807) is 22.9 Å². The molecule has 5 rings (SSSR count). The number of nitrogens with two attached hydrogens (primary N) is 1. The Hall–Kier alpha value is -4.01. The molecule has 1 aromatic carbocycles. The first kappa shape index (κ1) is 26.6. The topological polar surface area (TPSA) is 110 Å². The van der Waals surface area contributed by atoms with Gasteiger partial charge in [-0.3, -0.25) is 14.4 Å². The molecule has 8 nitrogen and oxygen atoms in total. The van der Waals surface area contributed by atoms with Crippen molar-refractivity contribution < 1.29 is 18.8 Å². The summed E-state index contributed by atoms with van der Waals surface area (Å²) in [5.41, 5.74) is 9.82. The van der Waals surface area contributed by atoms with Crippen molar-refractivity contribution in [3.8, 4) is 0 Å². The number of rotatable bonds is 6. The number of benzene rings is 1. The number of pyridine rings is 1. The molecule has 1 saturated heterocycles. The lowest BCUT2D eigenvalue weighted by atomic mass is 9.93. The Morgan fingerprint density at radius 2 is 1.97 bits per heavy atom. The molecule has 204 valence electrons.